The Labute approximate surface area is 108 Å². The number of nitrogens with one attached hydrogen (secondary N) is 2. The van der Waals surface area contributed by atoms with Crippen molar-refractivity contribution in [2.45, 2.75) is 32.4 Å². The second kappa shape index (κ2) is 5.56. The predicted octanol–water partition coefficient (Wildman–Crippen LogP) is 2.24. The van der Waals surface area contributed by atoms with Gasteiger partial charge in [0.25, 0.3) is 0 Å². The Bertz CT molecular complexity index is 457. The standard InChI is InChI=1S/C14H19N3O/c1-5-14(3,4)17-10(2)11-6-8-12(9-7-11)16-13(15)18/h1,6-10,17H,2-4H3,(H3,15,16,18). The van der Waals surface area contributed by atoms with Crippen molar-refractivity contribution < 1.29 is 4.79 Å². The van der Waals surface area contributed by atoms with Crippen molar-refractivity contribution >= 4 is 11.7 Å². The Kier molecular flexibility index (Phi) is 4.35. The van der Waals surface area contributed by atoms with Gasteiger partial charge in [-0.2, -0.15) is 0 Å². The summed E-state index contributed by atoms with van der Waals surface area (Å²) in [7, 11) is 0. The van der Waals surface area contributed by atoms with Crippen LogP contribution < -0.4 is 16.4 Å². The van der Waals surface area contributed by atoms with Gasteiger partial charge in [-0.05, 0) is 38.5 Å². The van der Waals surface area contributed by atoms with Gasteiger partial charge in [-0.25, -0.2) is 4.79 Å². The van der Waals surface area contributed by atoms with E-state index in [0.717, 1.165) is 5.56 Å². The number of terminal acetylenes is 1. The highest BCUT2D eigenvalue weighted by Crippen LogP contribution is 2.18. The van der Waals surface area contributed by atoms with Gasteiger partial charge in [-0.15, -0.1) is 6.42 Å². The van der Waals surface area contributed by atoms with E-state index >= 15 is 0 Å². The van der Waals surface area contributed by atoms with Gasteiger partial charge in [0.05, 0.1) is 5.54 Å². The molecule has 4 nitrogen and oxygen atoms in total. The van der Waals surface area contributed by atoms with E-state index in [4.69, 9.17) is 12.2 Å². The fraction of sp³-hybridized carbons (Fsp3) is 0.357. The monoisotopic (exact) mass is 245 g/mol. The second-order valence-electron chi connectivity index (χ2n) is 4.75. The van der Waals surface area contributed by atoms with Crippen molar-refractivity contribution in [1.82, 2.24) is 5.32 Å². The van der Waals surface area contributed by atoms with E-state index in [2.05, 4.69) is 16.6 Å². The third-order valence-corrected chi connectivity index (χ3v) is 2.62. The minimum Gasteiger partial charge on any atom is -0.351 e. The van der Waals surface area contributed by atoms with E-state index < -0.39 is 6.03 Å². The fourth-order valence-electron chi connectivity index (χ4n) is 1.66. The molecule has 1 atom stereocenters. The van der Waals surface area contributed by atoms with Gasteiger partial charge < -0.3 is 11.1 Å². The molecule has 0 saturated carbocycles. The van der Waals surface area contributed by atoms with Crippen LogP contribution in [0.5, 0.6) is 0 Å². The quantitative estimate of drug-likeness (QED) is 0.712. The number of urea groups is 1. The summed E-state index contributed by atoms with van der Waals surface area (Å²) in [6, 6.07) is 7.02. The van der Waals surface area contributed by atoms with Crippen LogP contribution in [0, 0.1) is 12.3 Å². The van der Waals surface area contributed by atoms with Gasteiger partial charge in [0, 0.05) is 11.7 Å². The fourth-order valence-corrected chi connectivity index (χ4v) is 1.66. The minimum atomic E-state index is -0.567. The lowest BCUT2D eigenvalue weighted by atomic mass is 10.0. The Morgan fingerprint density at radius 2 is 1.94 bits per heavy atom. The third-order valence-electron chi connectivity index (χ3n) is 2.62. The summed E-state index contributed by atoms with van der Waals surface area (Å²) in [6.45, 7) is 5.94. The number of primary amides is 1. The van der Waals surface area contributed by atoms with Crippen LogP contribution >= 0.6 is 0 Å². The van der Waals surface area contributed by atoms with E-state index in [1.54, 1.807) is 12.1 Å². The van der Waals surface area contributed by atoms with E-state index in [-0.39, 0.29) is 11.6 Å². The largest absolute Gasteiger partial charge is 0.351 e. The summed E-state index contributed by atoms with van der Waals surface area (Å²) < 4.78 is 0. The molecule has 1 rings (SSSR count). The zero-order valence-electron chi connectivity index (χ0n) is 10.9. The van der Waals surface area contributed by atoms with Crippen LogP contribution in [0.15, 0.2) is 24.3 Å². The predicted molar refractivity (Wildman–Crippen MR) is 74.1 cm³/mol. The van der Waals surface area contributed by atoms with E-state index in [1.165, 1.54) is 0 Å². The zero-order valence-corrected chi connectivity index (χ0v) is 10.9. The summed E-state index contributed by atoms with van der Waals surface area (Å²) in [5.74, 6) is 2.69. The molecular weight excluding hydrogens is 226 g/mol. The average molecular weight is 245 g/mol. The second-order valence-corrected chi connectivity index (χ2v) is 4.75. The smallest absolute Gasteiger partial charge is 0.316 e. The van der Waals surface area contributed by atoms with Crippen molar-refractivity contribution in [3.8, 4) is 12.3 Å². The summed E-state index contributed by atoms with van der Waals surface area (Å²) in [5.41, 5.74) is 6.45. The molecule has 0 aromatic heterocycles. The van der Waals surface area contributed by atoms with Gasteiger partial charge in [0.2, 0.25) is 0 Å². The first-order chi connectivity index (χ1) is 8.34. The lowest BCUT2D eigenvalue weighted by molar-refractivity contribution is 0.259. The molecule has 0 saturated heterocycles. The average Bonchev–Trinajstić information content (AvgIpc) is 2.28. The topological polar surface area (TPSA) is 67.2 Å². The van der Waals surface area contributed by atoms with Crippen LogP contribution in [0.3, 0.4) is 0 Å². The van der Waals surface area contributed by atoms with Crippen molar-refractivity contribution in [1.29, 1.82) is 0 Å². The molecule has 0 fully saturated rings. The normalized spacial score (nSPS) is 12.6. The summed E-state index contributed by atoms with van der Waals surface area (Å²) in [5, 5.41) is 5.85. The first-order valence-corrected chi connectivity index (χ1v) is 5.76. The molecule has 96 valence electrons. The maximum Gasteiger partial charge on any atom is 0.316 e. The molecule has 4 heteroatoms. The lowest BCUT2D eigenvalue weighted by Crippen LogP contribution is -2.39. The molecule has 0 radical (unpaired) electrons. The molecule has 0 heterocycles. The van der Waals surface area contributed by atoms with Gasteiger partial charge in [0.15, 0.2) is 0 Å². The first kappa shape index (κ1) is 14.1. The number of hydrogen-bond acceptors (Lipinski definition) is 2. The molecular formula is C14H19N3O. The van der Waals surface area contributed by atoms with Crippen molar-refractivity contribution in [2.24, 2.45) is 5.73 Å². The van der Waals surface area contributed by atoms with Crippen LogP contribution in [-0.4, -0.2) is 11.6 Å². The Balaban J connectivity index is 2.74. The number of carbonyl (C=O) groups excluding carboxylic acids is 1. The van der Waals surface area contributed by atoms with Crippen LogP contribution in [0.1, 0.15) is 32.4 Å². The maximum atomic E-state index is 10.7. The summed E-state index contributed by atoms with van der Waals surface area (Å²) in [4.78, 5) is 10.7. The van der Waals surface area contributed by atoms with Gasteiger partial charge in [0.1, 0.15) is 0 Å². The third kappa shape index (κ3) is 4.11. The van der Waals surface area contributed by atoms with Gasteiger partial charge >= 0.3 is 6.03 Å². The highest BCUT2D eigenvalue weighted by atomic mass is 16.2. The van der Waals surface area contributed by atoms with Crippen LogP contribution in [-0.2, 0) is 0 Å². The highest BCUT2D eigenvalue weighted by molar-refractivity contribution is 5.87. The maximum absolute atomic E-state index is 10.7. The van der Waals surface area contributed by atoms with E-state index in [1.807, 2.05) is 32.9 Å². The zero-order chi connectivity index (χ0) is 13.8. The van der Waals surface area contributed by atoms with Gasteiger partial charge in [-0.3, -0.25) is 5.32 Å². The van der Waals surface area contributed by atoms with Crippen molar-refractivity contribution in [3.05, 3.63) is 29.8 Å². The number of nitrogens with two attached hydrogens (primary N) is 1. The number of benzene rings is 1. The molecule has 1 unspecified atom stereocenters. The Hall–Kier alpha value is -1.99. The number of rotatable bonds is 4. The van der Waals surface area contributed by atoms with Crippen molar-refractivity contribution in [2.75, 3.05) is 5.32 Å². The summed E-state index contributed by atoms with van der Waals surface area (Å²) >= 11 is 0. The molecule has 0 spiro atoms. The number of hydrogen-bond donors (Lipinski definition) is 3. The first-order valence-electron chi connectivity index (χ1n) is 5.76. The molecule has 1 aromatic carbocycles. The number of amides is 2. The van der Waals surface area contributed by atoms with Crippen molar-refractivity contribution in [3.63, 3.8) is 0 Å². The minimum absolute atomic E-state index is 0.124. The molecule has 0 aliphatic rings. The van der Waals surface area contributed by atoms with Crippen LogP contribution in [0.2, 0.25) is 0 Å². The van der Waals surface area contributed by atoms with Crippen LogP contribution in [0.25, 0.3) is 0 Å². The SMILES string of the molecule is C#CC(C)(C)NC(C)c1ccc(NC(N)=O)cc1. The van der Waals surface area contributed by atoms with E-state index in [9.17, 15) is 4.79 Å². The number of anilines is 1. The molecule has 0 aliphatic heterocycles. The Morgan fingerprint density at radius 1 is 1.39 bits per heavy atom. The van der Waals surface area contributed by atoms with Gasteiger partial charge in [-0.1, -0.05) is 18.1 Å². The number of carbonyl (C=O) groups is 1. The highest BCUT2D eigenvalue weighted by Gasteiger charge is 2.17. The summed E-state index contributed by atoms with van der Waals surface area (Å²) in [6.07, 6.45) is 5.44. The molecule has 1 aromatic rings. The molecule has 2 amide bonds. The molecule has 0 bridgehead atoms. The molecule has 18 heavy (non-hydrogen) atoms. The van der Waals surface area contributed by atoms with Crippen LogP contribution in [0.4, 0.5) is 10.5 Å². The molecule has 4 N–H and O–H groups in total. The van der Waals surface area contributed by atoms with E-state index in [0.29, 0.717) is 5.69 Å². The lowest BCUT2D eigenvalue weighted by Gasteiger charge is -2.25. The Morgan fingerprint density at radius 3 is 2.39 bits per heavy atom. The molecule has 0 aliphatic carbocycles.